The van der Waals surface area contributed by atoms with Gasteiger partial charge in [-0.1, -0.05) is 180 Å². The van der Waals surface area contributed by atoms with E-state index < -0.39 is 26.5 Å². The lowest BCUT2D eigenvalue weighted by atomic mass is 10.0. The molecule has 0 N–H and O–H groups in total. The van der Waals surface area contributed by atoms with Crippen LogP contribution < -0.4 is 4.89 Å². The predicted molar refractivity (Wildman–Crippen MR) is 231 cm³/mol. The highest BCUT2D eigenvalue weighted by Gasteiger charge is 2.21. The van der Waals surface area contributed by atoms with E-state index in [1.165, 1.54) is 154 Å². The van der Waals surface area contributed by atoms with Gasteiger partial charge in [0.1, 0.15) is 19.8 Å². The van der Waals surface area contributed by atoms with Crippen molar-refractivity contribution in [2.24, 2.45) is 0 Å². The minimum absolute atomic E-state index is 0.0275. The van der Waals surface area contributed by atoms with Crippen molar-refractivity contribution >= 4 is 19.8 Å². The van der Waals surface area contributed by atoms with Crippen molar-refractivity contribution in [2.45, 2.75) is 225 Å². The third-order valence-corrected chi connectivity index (χ3v) is 11.2. The molecule has 56 heavy (non-hydrogen) atoms. The minimum Gasteiger partial charge on any atom is -0.756 e. The summed E-state index contributed by atoms with van der Waals surface area (Å²) in [6, 6.07) is 0. The van der Waals surface area contributed by atoms with Gasteiger partial charge >= 0.3 is 11.9 Å². The van der Waals surface area contributed by atoms with Crippen molar-refractivity contribution in [3.05, 3.63) is 12.2 Å². The lowest BCUT2D eigenvalue weighted by molar-refractivity contribution is -0.870. The second-order valence-corrected chi connectivity index (χ2v) is 18.5. The van der Waals surface area contributed by atoms with Gasteiger partial charge in [0, 0.05) is 12.8 Å². The Morgan fingerprint density at radius 1 is 0.536 bits per heavy atom. The van der Waals surface area contributed by atoms with E-state index in [1.807, 2.05) is 21.1 Å². The maximum absolute atomic E-state index is 12.6. The highest BCUT2D eigenvalue weighted by Crippen LogP contribution is 2.38. The van der Waals surface area contributed by atoms with Crippen LogP contribution in [-0.4, -0.2) is 70.0 Å². The molecule has 0 amide bonds. The van der Waals surface area contributed by atoms with Gasteiger partial charge in [0.15, 0.2) is 6.10 Å². The van der Waals surface area contributed by atoms with Gasteiger partial charge in [0.05, 0.1) is 27.7 Å². The van der Waals surface area contributed by atoms with Crippen LogP contribution in [0, 0.1) is 0 Å². The van der Waals surface area contributed by atoms with E-state index in [4.69, 9.17) is 18.5 Å². The van der Waals surface area contributed by atoms with E-state index in [0.29, 0.717) is 17.4 Å². The molecule has 0 rings (SSSR count). The summed E-state index contributed by atoms with van der Waals surface area (Å²) in [6.07, 6.45) is 41.0. The number of phosphoric acid groups is 1. The lowest BCUT2D eigenvalue weighted by Crippen LogP contribution is -2.37. The normalized spacial score (nSPS) is 13.6. The molecule has 0 aliphatic rings. The molecule has 0 bridgehead atoms. The smallest absolute Gasteiger partial charge is 0.306 e. The van der Waals surface area contributed by atoms with Gasteiger partial charge in [-0.05, 0) is 38.5 Å². The van der Waals surface area contributed by atoms with E-state index in [1.54, 1.807) is 0 Å². The Bertz CT molecular complexity index is 969. The predicted octanol–water partition coefficient (Wildman–Crippen LogP) is 12.7. The van der Waals surface area contributed by atoms with Crippen LogP contribution >= 0.6 is 7.82 Å². The summed E-state index contributed by atoms with van der Waals surface area (Å²) in [4.78, 5) is 37.5. The van der Waals surface area contributed by atoms with Gasteiger partial charge in [0.2, 0.25) is 0 Å². The van der Waals surface area contributed by atoms with Crippen molar-refractivity contribution in [2.75, 3.05) is 47.5 Å². The molecular weight excluding hydrogens is 725 g/mol. The van der Waals surface area contributed by atoms with Crippen molar-refractivity contribution in [1.29, 1.82) is 0 Å². The molecule has 0 aromatic carbocycles. The number of phosphoric ester groups is 1. The van der Waals surface area contributed by atoms with Gasteiger partial charge in [0.25, 0.3) is 7.82 Å². The number of rotatable bonds is 43. The fourth-order valence-electron chi connectivity index (χ4n) is 6.59. The summed E-state index contributed by atoms with van der Waals surface area (Å²) in [5, 5.41) is 0. The number of nitrogens with zero attached hydrogens (tertiary/aromatic N) is 1. The Morgan fingerprint density at radius 2 is 0.911 bits per heavy atom. The second kappa shape index (κ2) is 39.2. The fraction of sp³-hybridized carbons (Fsp3) is 0.913. The molecule has 0 saturated carbocycles. The quantitative estimate of drug-likeness (QED) is 0.0197. The van der Waals surface area contributed by atoms with Gasteiger partial charge in [-0.3, -0.25) is 14.2 Å². The van der Waals surface area contributed by atoms with Crippen LogP contribution in [0.2, 0.25) is 0 Å². The Morgan fingerprint density at radius 3 is 1.32 bits per heavy atom. The third-order valence-electron chi connectivity index (χ3n) is 10.3. The summed E-state index contributed by atoms with van der Waals surface area (Å²) in [5.74, 6) is -0.826. The summed E-state index contributed by atoms with van der Waals surface area (Å²) in [7, 11) is 1.18. The molecular formula is C46H90NO8P. The fourth-order valence-corrected chi connectivity index (χ4v) is 7.32. The number of carbonyl (C=O) groups excluding carboxylic acids is 2. The van der Waals surface area contributed by atoms with Gasteiger partial charge in [-0.2, -0.15) is 0 Å². The maximum atomic E-state index is 12.6. The molecule has 0 aromatic heterocycles. The number of esters is 2. The van der Waals surface area contributed by atoms with Gasteiger partial charge in [-0.25, -0.2) is 0 Å². The topological polar surface area (TPSA) is 111 Å². The molecule has 10 heteroatoms. The number of unbranched alkanes of at least 4 members (excludes halogenated alkanes) is 27. The first kappa shape index (κ1) is 54.8. The average molecular weight is 816 g/mol. The molecule has 332 valence electrons. The summed E-state index contributed by atoms with van der Waals surface area (Å²) < 4.78 is 33.9. The molecule has 0 saturated heterocycles. The molecule has 2 atom stereocenters. The van der Waals surface area contributed by atoms with Crippen molar-refractivity contribution in [1.82, 2.24) is 0 Å². The van der Waals surface area contributed by atoms with Crippen molar-refractivity contribution < 1.29 is 42.1 Å². The molecule has 0 aromatic rings. The maximum Gasteiger partial charge on any atom is 0.306 e. The zero-order chi connectivity index (χ0) is 41.4. The van der Waals surface area contributed by atoms with E-state index >= 15 is 0 Å². The van der Waals surface area contributed by atoms with Gasteiger partial charge < -0.3 is 27.9 Å². The number of hydrogen-bond donors (Lipinski definition) is 0. The van der Waals surface area contributed by atoms with Crippen LogP contribution in [0.15, 0.2) is 12.2 Å². The number of carbonyl (C=O) groups is 2. The van der Waals surface area contributed by atoms with E-state index in [9.17, 15) is 19.0 Å². The number of quaternary nitrogens is 1. The highest BCUT2D eigenvalue weighted by atomic mass is 31.2. The van der Waals surface area contributed by atoms with Gasteiger partial charge in [-0.15, -0.1) is 0 Å². The number of hydrogen-bond acceptors (Lipinski definition) is 8. The summed E-state index contributed by atoms with van der Waals surface area (Å²) in [5.41, 5.74) is 0. The second-order valence-electron chi connectivity index (χ2n) is 17.1. The molecule has 0 spiro atoms. The largest absolute Gasteiger partial charge is 0.756 e. The zero-order valence-electron chi connectivity index (χ0n) is 37.3. The number of allylic oxidation sites excluding steroid dienone is 2. The van der Waals surface area contributed by atoms with E-state index in [-0.39, 0.29) is 32.0 Å². The van der Waals surface area contributed by atoms with Crippen LogP contribution in [0.3, 0.4) is 0 Å². The van der Waals surface area contributed by atoms with Crippen molar-refractivity contribution in [3.8, 4) is 0 Å². The average Bonchev–Trinajstić information content (AvgIpc) is 3.15. The summed E-state index contributed by atoms with van der Waals surface area (Å²) >= 11 is 0. The molecule has 9 nitrogen and oxygen atoms in total. The highest BCUT2D eigenvalue weighted by molar-refractivity contribution is 7.45. The van der Waals surface area contributed by atoms with Crippen LogP contribution in [0.5, 0.6) is 0 Å². The Kier molecular flexibility index (Phi) is 38.3. The monoisotopic (exact) mass is 816 g/mol. The molecule has 0 fully saturated rings. The molecule has 0 aliphatic heterocycles. The molecule has 1 unspecified atom stereocenters. The van der Waals surface area contributed by atoms with Crippen LogP contribution in [0.4, 0.5) is 0 Å². The summed E-state index contributed by atoms with van der Waals surface area (Å²) in [6.45, 7) is 4.24. The number of likely N-dealkylation sites (N-methyl/N-ethyl adjacent to an activating group) is 1. The molecule has 0 aliphatic carbocycles. The molecule has 0 radical (unpaired) electrons. The first-order valence-corrected chi connectivity index (χ1v) is 24.9. The van der Waals surface area contributed by atoms with Crippen LogP contribution in [0.25, 0.3) is 0 Å². The Hall–Kier alpha value is -1.25. The Labute approximate surface area is 346 Å². The van der Waals surface area contributed by atoms with E-state index in [2.05, 4.69) is 26.0 Å². The molecule has 0 heterocycles. The lowest BCUT2D eigenvalue weighted by Gasteiger charge is -2.28. The van der Waals surface area contributed by atoms with E-state index in [0.717, 1.165) is 32.1 Å². The first-order valence-electron chi connectivity index (χ1n) is 23.4. The zero-order valence-corrected chi connectivity index (χ0v) is 38.2. The number of ether oxygens (including phenoxy) is 2. The Balaban J connectivity index is 4.20. The SMILES string of the molecule is CCCCCCCC/C=C\CCCCCCCCCCCCCC(=O)OC[C@H](COP(=O)([O-])OCC[N+](C)(C)C)OC(=O)CCCCCCCCCCCCC. The van der Waals surface area contributed by atoms with Crippen molar-refractivity contribution in [3.63, 3.8) is 0 Å². The minimum atomic E-state index is -4.62. The standard InChI is InChI=1S/C46H90NO8P/c1-6-8-10-12-14-16-18-19-20-21-22-23-24-25-26-27-29-30-32-34-36-38-45(48)52-42-44(43-54-56(50,51)53-41-40-47(3,4)5)55-46(49)39-37-35-33-31-28-17-15-13-11-9-7-2/h19-20,44H,6-18,21-43H2,1-5H3/b20-19-/t44-/m1/s1. The first-order chi connectivity index (χ1) is 27.0. The van der Waals surface area contributed by atoms with Crippen LogP contribution in [0.1, 0.15) is 219 Å². The third kappa shape index (κ3) is 42.4. The van der Waals surface area contributed by atoms with Crippen LogP contribution in [-0.2, 0) is 32.7 Å².